The predicted octanol–water partition coefficient (Wildman–Crippen LogP) is 4.66. The highest BCUT2D eigenvalue weighted by molar-refractivity contribution is 6.43. The summed E-state index contributed by atoms with van der Waals surface area (Å²) in [6, 6.07) is 12.7. The van der Waals surface area contributed by atoms with E-state index < -0.39 is 0 Å². The first-order valence-electron chi connectivity index (χ1n) is 5.98. The van der Waals surface area contributed by atoms with Gasteiger partial charge in [0.15, 0.2) is 0 Å². The van der Waals surface area contributed by atoms with Crippen LogP contribution in [0, 0.1) is 0 Å². The third kappa shape index (κ3) is 3.66. The van der Waals surface area contributed by atoms with Crippen molar-refractivity contribution in [3.63, 3.8) is 0 Å². The van der Waals surface area contributed by atoms with Crippen LogP contribution >= 0.6 is 34.8 Å². The minimum Gasteiger partial charge on any atom is -0.348 e. The van der Waals surface area contributed by atoms with E-state index in [9.17, 15) is 4.79 Å². The molecule has 0 saturated carbocycles. The molecule has 0 heterocycles. The molecule has 0 fully saturated rings. The number of halogens is 3. The lowest BCUT2D eigenvalue weighted by Gasteiger charge is -2.08. The normalized spacial score (nSPS) is 10.3. The van der Waals surface area contributed by atoms with Gasteiger partial charge in [0.1, 0.15) is 0 Å². The molecule has 20 heavy (non-hydrogen) atoms. The zero-order valence-electron chi connectivity index (χ0n) is 10.5. The number of nitrogens with one attached hydrogen (secondary N) is 1. The fourth-order valence-corrected chi connectivity index (χ4v) is 2.27. The number of hydrogen-bond acceptors (Lipinski definition) is 1. The highest BCUT2D eigenvalue weighted by Gasteiger charge is 2.11. The van der Waals surface area contributed by atoms with E-state index in [4.69, 9.17) is 34.8 Å². The van der Waals surface area contributed by atoms with Crippen LogP contribution in [0.3, 0.4) is 0 Å². The average molecular weight is 329 g/mol. The number of rotatable bonds is 4. The summed E-state index contributed by atoms with van der Waals surface area (Å²) in [6.45, 7) is 0.421. The zero-order chi connectivity index (χ0) is 14.5. The van der Waals surface area contributed by atoms with E-state index in [0.29, 0.717) is 23.0 Å². The Balaban J connectivity index is 2.02. The fourth-order valence-electron chi connectivity index (χ4n) is 1.70. The molecule has 0 bridgehead atoms. The Hall–Kier alpha value is -1.22. The molecule has 2 rings (SSSR count). The van der Waals surface area contributed by atoms with Gasteiger partial charge in [-0.3, -0.25) is 4.79 Å². The van der Waals surface area contributed by atoms with Crippen LogP contribution < -0.4 is 5.32 Å². The number of carbonyl (C=O) groups excluding carboxylic acids is 1. The van der Waals surface area contributed by atoms with E-state index >= 15 is 0 Å². The Morgan fingerprint density at radius 3 is 2.30 bits per heavy atom. The van der Waals surface area contributed by atoms with Crippen molar-refractivity contribution in [2.45, 2.75) is 12.4 Å². The second-order valence-electron chi connectivity index (χ2n) is 4.23. The molecule has 104 valence electrons. The van der Waals surface area contributed by atoms with Gasteiger partial charge in [0.25, 0.3) is 5.91 Å². The average Bonchev–Trinajstić information content (AvgIpc) is 2.48. The summed E-state index contributed by atoms with van der Waals surface area (Å²) in [6.07, 6.45) is 0. The zero-order valence-corrected chi connectivity index (χ0v) is 12.8. The van der Waals surface area contributed by atoms with Gasteiger partial charge in [-0.25, -0.2) is 0 Å². The van der Waals surface area contributed by atoms with Crippen molar-refractivity contribution in [1.29, 1.82) is 0 Å². The van der Waals surface area contributed by atoms with Gasteiger partial charge in [-0.15, -0.1) is 11.6 Å². The van der Waals surface area contributed by atoms with Crippen LogP contribution in [0.5, 0.6) is 0 Å². The Kier molecular flexibility index (Phi) is 5.30. The van der Waals surface area contributed by atoms with Crippen LogP contribution in [-0.2, 0) is 12.4 Å². The Morgan fingerprint density at radius 2 is 1.65 bits per heavy atom. The Morgan fingerprint density at radius 1 is 1.00 bits per heavy atom. The maximum atomic E-state index is 12.0. The van der Waals surface area contributed by atoms with Crippen LogP contribution in [0.2, 0.25) is 10.0 Å². The summed E-state index contributed by atoms with van der Waals surface area (Å²) in [7, 11) is 0. The first-order valence-corrected chi connectivity index (χ1v) is 7.27. The molecule has 0 aliphatic rings. The van der Waals surface area contributed by atoms with Crippen LogP contribution in [-0.4, -0.2) is 5.91 Å². The molecule has 0 radical (unpaired) electrons. The molecular formula is C15H12Cl3NO. The second kappa shape index (κ2) is 6.98. The van der Waals surface area contributed by atoms with E-state index in [2.05, 4.69) is 5.32 Å². The standard InChI is InChI=1S/C15H12Cl3NO/c16-8-10-4-6-11(7-5-10)9-19-15(20)12-2-1-3-13(17)14(12)18/h1-7H,8-9H2,(H,19,20). The minimum atomic E-state index is -0.251. The third-order valence-corrected chi connectivity index (χ3v) is 3.95. The summed E-state index contributed by atoms with van der Waals surface area (Å²) >= 11 is 17.6. The van der Waals surface area contributed by atoms with Crippen molar-refractivity contribution in [3.05, 3.63) is 69.2 Å². The molecule has 0 aliphatic heterocycles. The van der Waals surface area contributed by atoms with E-state index in [0.717, 1.165) is 11.1 Å². The van der Waals surface area contributed by atoms with Crippen molar-refractivity contribution in [2.75, 3.05) is 0 Å². The minimum absolute atomic E-state index is 0.251. The SMILES string of the molecule is O=C(NCc1ccc(CCl)cc1)c1cccc(Cl)c1Cl. The molecule has 2 aromatic rings. The molecule has 0 aromatic heterocycles. The summed E-state index contributed by atoms with van der Waals surface area (Å²) < 4.78 is 0. The van der Waals surface area contributed by atoms with Crippen molar-refractivity contribution in [2.24, 2.45) is 0 Å². The first-order chi connectivity index (χ1) is 9.61. The van der Waals surface area contributed by atoms with Gasteiger partial charge in [-0.1, -0.05) is 53.5 Å². The van der Waals surface area contributed by atoms with Gasteiger partial charge in [-0.2, -0.15) is 0 Å². The molecule has 2 aromatic carbocycles. The van der Waals surface area contributed by atoms with Gasteiger partial charge in [0.2, 0.25) is 0 Å². The number of alkyl halides is 1. The molecule has 0 atom stereocenters. The third-order valence-electron chi connectivity index (χ3n) is 2.83. The van der Waals surface area contributed by atoms with E-state index in [1.54, 1.807) is 18.2 Å². The summed E-state index contributed by atoms with van der Waals surface area (Å²) in [5.74, 6) is 0.226. The maximum Gasteiger partial charge on any atom is 0.253 e. The molecule has 5 heteroatoms. The topological polar surface area (TPSA) is 29.1 Å². The first kappa shape index (κ1) is 15.2. The lowest BCUT2D eigenvalue weighted by molar-refractivity contribution is 0.0951. The second-order valence-corrected chi connectivity index (χ2v) is 5.29. The van der Waals surface area contributed by atoms with Gasteiger partial charge in [0, 0.05) is 12.4 Å². The molecule has 0 aliphatic carbocycles. The van der Waals surface area contributed by atoms with E-state index in [-0.39, 0.29) is 10.9 Å². The molecule has 1 amide bonds. The smallest absolute Gasteiger partial charge is 0.253 e. The number of benzene rings is 2. The van der Waals surface area contributed by atoms with E-state index in [1.165, 1.54) is 0 Å². The Bertz CT molecular complexity index is 611. The highest BCUT2D eigenvalue weighted by atomic mass is 35.5. The van der Waals surface area contributed by atoms with Crippen LogP contribution in [0.1, 0.15) is 21.5 Å². The molecule has 2 nitrogen and oxygen atoms in total. The van der Waals surface area contributed by atoms with Crippen LogP contribution in [0.25, 0.3) is 0 Å². The van der Waals surface area contributed by atoms with Crippen LogP contribution in [0.4, 0.5) is 0 Å². The molecule has 0 unspecified atom stereocenters. The lowest BCUT2D eigenvalue weighted by Crippen LogP contribution is -2.23. The molecular weight excluding hydrogens is 317 g/mol. The van der Waals surface area contributed by atoms with E-state index in [1.807, 2.05) is 24.3 Å². The fraction of sp³-hybridized carbons (Fsp3) is 0.133. The number of hydrogen-bond donors (Lipinski definition) is 1. The highest BCUT2D eigenvalue weighted by Crippen LogP contribution is 2.25. The van der Waals surface area contributed by atoms with Crippen molar-refractivity contribution >= 4 is 40.7 Å². The lowest BCUT2D eigenvalue weighted by atomic mass is 10.1. The monoisotopic (exact) mass is 327 g/mol. The molecule has 1 N–H and O–H groups in total. The largest absolute Gasteiger partial charge is 0.348 e. The van der Waals surface area contributed by atoms with Crippen molar-refractivity contribution in [1.82, 2.24) is 5.32 Å². The number of carbonyl (C=O) groups is 1. The van der Waals surface area contributed by atoms with Gasteiger partial charge in [0.05, 0.1) is 15.6 Å². The Labute approximate surface area is 132 Å². The number of amides is 1. The summed E-state index contributed by atoms with van der Waals surface area (Å²) in [5, 5.41) is 3.44. The van der Waals surface area contributed by atoms with Crippen molar-refractivity contribution in [3.8, 4) is 0 Å². The van der Waals surface area contributed by atoms with Gasteiger partial charge in [-0.05, 0) is 23.3 Å². The van der Waals surface area contributed by atoms with Gasteiger partial charge < -0.3 is 5.32 Å². The van der Waals surface area contributed by atoms with Crippen LogP contribution in [0.15, 0.2) is 42.5 Å². The quantitative estimate of drug-likeness (QED) is 0.812. The van der Waals surface area contributed by atoms with Gasteiger partial charge >= 0.3 is 0 Å². The van der Waals surface area contributed by atoms with Crippen molar-refractivity contribution < 1.29 is 4.79 Å². The predicted molar refractivity (Wildman–Crippen MR) is 83.6 cm³/mol. The summed E-state index contributed by atoms with van der Waals surface area (Å²) in [5.41, 5.74) is 2.40. The molecule has 0 spiro atoms. The maximum absolute atomic E-state index is 12.0. The molecule has 0 saturated heterocycles. The summed E-state index contributed by atoms with van der Waals surface area (Å²) in [4.78, 5) is 12.0.